The van der Waals surface area contributed by atoms with E-state index in [1.807, 2.05) is 43.9 Å². The molecule has 0 aliphatic heterocycles. The maximum absolute atomic E-state index is 10.9. The van der Waals surface area contributed by atoms with E-state index in [0.29, 0.717) is 19.0 Å². The maximum Gasteiger partial charge on any atom is 0.191 e. The summed E-state index contributed by atoms with van der Waals surface area (Å²) in [6.07, 6.45) is 5.55. The Balaban J connectivity index is 0.00000341. The fourth-order valence-electron chi connectivity index (χ4n) is 3.37. The van der Waals surface area contributed by atoms with Gasteiger partial charge in [0.15, 0.2) is 5.96 Å². The molecule has 2 heterocycles. The van der Waals surface area contributed by atoms with Crippen LogP contribution in [-0.4, -0.2) is 33.7 Å². The Morgan fingerprint density at radius 3 is 2.48 bits per heavy atom. The van der Waals surface area contributed by atoms with E-state index < -0.39 is 5.60 Å². The molecule has 0 spiro atoms. The van der Waals surface area contributed by atoms with Gasteiger partial charge in [-0.2, -0.15) is 0 Å². The Bertz CT molecular complexity index is 963. The molecule has 3 rings (SSSR count). The van der Waals surface area contributed by atoms with E-state index in [-0.39, 0.29) is 24.0 Å². The van der Waals surface area contributed by atoms with Crippen molar-refractivity contribution >= 4 is 29.9 Å². The minimum atomic E-state index is -1.06. The summed E-state index contributed by atoms with van der Waals surface area (Å²) in [5.41, 5.74) is 2.06. The van der Waals surface area contributed by atoms with Gasteiger partial charge in [0.05, 0.1) is 19.4 Å². The molecule has 2 aromatic heterocycles. The Kier molecular flexibility index (Phi) is 9.12. The zero-order valence-electron chi connectivity index (χ0n) is 18.6. The molecule has 0 amide bonds. The number of nitrogens with one attached hydrogen (secondary N) is 2. The highest BCUT2D eigenvalue weighted by Gasteiger charge is 2.27. The minimum absolute atomic E-state index is 0. The molecule has 31 heavy (non-hydrogen) atoms. The quantitative estimate of drug-likeness (QED) is 0.232. The van der Waals surface area contributed by atoms with Crippen molar-refractivity contribution in [1.29, 1.82) is 0 Å². The van der Waals surface area contributed by atoms with Gasteiger partial charge >= 0.3 is 0 Å². The second-order valence-corrected chi connectivity index (χ2v) is 7.70. The van der Waals surface area contributed by atoms with Crippen LogP contribution in [0.15, 0.2) is 58.5 Å². The summed E-state index contributed by atoms with van der Waals surface area (Å²) < 4.78 is 7.60. The van der Waals surface area contributed by atoms with E-state index in [4.69, 9.17) is 4.42 Å². The van der Waals surface area contributed by atoms with Crippen LogP contribution in [0.2, 0.25) is 0 Å². The number of aliphatic hydroxyl groups is 1. The third-order valence-electron chi connectivity index (χ3n) is 4.93. The molecule has 0 radical (unpaired) electrons. The number of furan rings is 1. The predicted molar refractivity (Wildman–Crippen MR) is 134 cm³/mol. The molecule has 0 fully saturated rings. The lowest BCUT2D eigenvalue weighted by atomic mass is 9.96. The predicted octanol–water partition coefficient (Wildman–Crippen LogP) is 3.72. The number of rotatable bonds is 8. The Hall–Kier alpha value is -2.33. The minimum Gasteiger partial charge on any atom is -0.466 e. The first-order valence-corrected chi connectivity index (χ1v) is 10.2. The molecule has 1 unspecified atom stereocenters. The van der Waals surface area contributed by atoms with Crippen LogP contribution in [0.4, 0.5) is 0 Å². The summed E-state index contributed by atoms with van der Waals surface area (Å²) in [7, 11) is 0. The first-order chi connectivity index (χ1) is 14.4. The summed E-state index contributed by atoms with van der Waals surface area (Å²) >= 11 is 0. The zero-order chi connectivity index (χ0) is 21.6. The van der Waals surface area contributed by atoms with Crippen LogP contribution in [0, 0.1) is 13.8 Å². The van der Waals surface area contributed by atoms with Crippen molar-refractivity contribution in [2.45, 2.75) is 46.4 Å². The molecule has 7 nitrogen and oxygen atoms in total. The summed E-state index contributed by atoms with van der Waals surface area (Å²) in [6.45, 7) is 9.95. The fourth-order valence-corrected chi connectivity index (χ4v) is 3.37. The normalized spacial score (nSPS) is 13.4. The van der Waals surface area contributed by atoms with Crippen LogP contribution in [0.25, 0.3) is 0 Å². The molecule has 0 saturated heterocycles. The first kappa shape index (κ1) is 24.9. The number of halogens is 1. The summed E-state index contributed by atoms with van der Waals surface area (Å²) in [5, 5.41) is 17.4. The summed E-state index contributed by atoms with van der Waals surface area (Å²) in [4.78, 5) is 8.73. The van der Waals surface area contributed by atoms with Crippen molar-refractivity contribution in [3.8, 4) is 0 Å². The number of hydrogen-bond acceptors (Lipinski definition) is 4. The maximum atomic E-state index is 10.9. The molecular formula is C23H32IN5O2. The highest BCUT2D eigenvalue weighted by Crippen LogP contribution is 2.26. The smallest absolute Gasteiger partial charge is 0.191 e. The molecule has 3 aromatic rings. The van der Waals surface area contributed by atoms with Crippen molar-refractivity contribution in [2.75, 3.05) is 13.1 Å². The number of benzene rings is 1. The van der Waals surface area contributed by atoms with Gasteiger partial charge in [0, 0.05) is 31.0 Å². The molecule has 8 heteroatoms. The van der Waals surface area contributed by atoms with Gasteiger partial charge in [0.1, 0.15) is 17.1 Å². The van der Waals surface area contributed by atoms with E-state index >= 15 is 0 Å². The van der Waals surface area contributed by atoms with Crippen molar-refractivity contribution in [3.63, 3.8) is 0 Å². The van der Waals surface area contributed by atoms with Gasteiger partial charge in [-0.25, -0.2) is 9.98 Å². The number of hydrogen-bond donors (Lipinski definition) is 3. The molecule has 0 aliphatic carbocycles. The largest absolute Gasteiger partial charge is 0.466 e. The molecule has 168 valence electrons. The van der Waals surface area contributed by atoms with Gasteiger partial charge in [-0.15, -0.1) is 24.0 Å². The standard InChI is InChI=1S/C23H31N5O2.HI/c1-5-25-22(27-15-23(4,29)21-12-17(2)30-18(21)3)26-13-19-6-8-20(9-7-19)14-28-11-10-24-16-28;/h6-12,16,29H,5,13-15H2,1-4H3,(H2,25,26,27);1H. The fraction of sp³-hybridized carbons (Fsp3) is 0.391. The Labute approximate surface area is 201 Å². The molecule has 3 N–H and O–H groups in total. The third kappa shape index (κ3) is 7.10. The third-order valence-corrected chi connectivity index (χ3v) is 4.93. The molecular weight excluding hydrogens is 505 g/mol. The van der Waals surface area contributed by atoms with Gasteiger partial charge in [-0.1, -0.05) is 24.3 Å². The van der Waals surface area contributed by atoms with Crippen LogP contribution in [0.1, 0.15) is 42.1 Å². The number of imidazole rings is 1. The van der Waals surface area contributed by atoms with E-state index in [2.05, 4.69) is 44.9 Å². The van der Waals surface area contributed by atoms with Gasteiger partial charge < -0.3 is 24.7 Å². The highest BCUT2D eigenvalue weighted by atomic mass is 127. The molecule has 0 bridgehead atoms. The second kappa shape index (κ2) is 11.3. The highest BCUT2D eigenvalue weighted by molar-refractivity contribution is 14.0. The number of nitrogens with zero attached hydrogens (tertiary/aromatic N) is 3. The summed E-state index contributed by atoms with van der Waals surface area (Å²) in [6, 6.07) is 10.3. The van der Waals surface area contributed by atoms with E-state index in [9.17, 15) is 5.11 Å². The van der Waals surface area contributed by atoms with Gasteiger partial charge in [0.2, 0.25) is 0 Å². The lowest BCUT2D eigenvalue weighted by molar-refractivity contribution is 0.0601. The Morgan fingerprint density at radius 1 is 1.19 bits per heavy atom. The lowest BCUT2D eigenvalue weighted by Gasteiger charge is -2.24. The number of guanidine groups is 1. The number of aryl methyl sites for hydroxylation is 2. The van der Waals surface area contributed by atoms with Crippen LogP contribution >= 0.6 is 24.0 Å². The lowest BCUT2D eigenvalue weighted by Crippen LogP contribution is -2.44. The average Bonchev–Trinajstić information content (AvgIpc) is 3.34. The molecule has 1 aromatic carbocycles. The summed E-state index contributed by atoms with van der Waals surface area (Å²) in [5.74, 6) is 2.19. The SMILES string of the molecule is CCNC(=NCc1ccc(Cn2ccnc2)cc1)NCC(C)(O)c1cc(C)oc1C.I. The van der Waals surface area contributed by atoms with Crippen molar-refractivity contribution in [1.82, 2.24) is 20.2 Å². The molecule has 1 atom stereocenters. The molecule has 0 aliphatic rings. The second-order valence-electron chi connectivity index (χ2n) is 7.70. The van der Waals surface area contributed by atoms with Crippen LogP contribution in [0.3, 0.4) is 0 Å². The van der Waals surface area contributed by atoms with E-state index in [1.54, 1.807) is 13.1 Å². The van der Waals surface area contributed by atoms with Crippen molar-refractivity contribution in [3.05, 3.63) is 77.3 Å². The molecule has 0 saturated carbocycles. The monoisotopic (exact) mass is 537 g/mol. The Morgan fingerprint density at radius 2 is 1.90 bits per heavy atom. The van der Waals surface area contributed by atoms with Crippen molar-refractivity contribution in [2.24, 2.45) is 4.99 Å². The number of aliphatic imine (C=N–C) groups is 1. The zero-order valence-corrected chi connectivity index (χ0v) is 20.9. The van der Waals surface area contributed by atoms with E-state index in [1.165, 1.54) is 5.56 Å². The topological polar surface area (TPSA) is 87.6 Å². The van der Waals surface area contributed by atoms with Crippen LogP contribution in [0.5, 0.6) is 0 Å². The first-order valence-electron chi connectivity index (χ1n) is 10.2. The van der Waals surface area contributed by atoms with Gasteiger partial charge in [0.25, 0.3) is 0 Å². The van der Waals surface area contributed by atoms with E-state index in [0.717, 1.165) is 35.7 Å². The van der Waals surface area contributed by atoms with Crippen molar-refractivity contribution < 1.29 is 9.52 Å². The average molecular weight is 537 g/mol. The van der Waals surface area contributed by atoms with Gasteiger partial charge in [-0.05, 0) is 44.9 Å². The van der Waals surface area contributed by atoms with Crippen LogP contribution < -0.4 is 10.6 Å². The number of aromatic nitrogens is 2. The van der Waals surface area contributed by atoms with Gasteiger partial charge in [-0.3, -0.25) is 0 Å². The van der Waals surface area contributed by atoms with Crippen LogP contribution in [-0.2, 0) is 18.7 Å².